The molecule has 1 aromatic heterocycles. The summed E-state index contributed by atoms with van der Waals surface area (Å²) in [6.07, 6.45) is 11.4. The van der Waals surface area contributed by atoms with Crippen molar-refractivity contribution in [2.45, 2.75) is 64.3 Å². The Bertz CT molecular complexity index is 510. The van der Waals surface area contributed by atoms with Gasteiger partial charge in [-0.15, -0.1) is 11.3 Å². The number of allylic oxidation sites excluding steroid dienone is 1. The van der Waals surface area contributed by atoms with Crippen molar-refractivity contribution in [2.75, 3.05) is 6.54 Å². The summed E-state index contributed by atoms with van der Waals surface area (Å²) in [6.45, 7) is 2.84. The number of nitrogens with zero attached hydrogens (tertiary/aromatic N) is 1. The number of nitrogens with one attached hydrogen (secondary N) is 1. The lowest BCUT2D eigenvalue weighted by atomic mass is 9.97. The maximum atomic E-state index is 12.1. The van der Waals surface area contributed by atoms with Gasteiger partial charge in [-0.2, -0.15) is 0 Å². The summed E-state index contributed by atoms with van der Waals surface area (Å²) in [7, 11) is 0. The lowest BCUT2D eigenvalue weighted by Gasteiger charge is -2.12. The Balaban J connectivity index is 1.77. The van der Waals surface area contributed by atoms with E-state index in [1.807, 2.05) is 5.38 Å². The number of thiazole rings is 1. The zero-order valence-electron chi connectivity index (χ0n) is 13.4. The second-order valence-corrected chi connectivity index (χ2v) is 6.82. The highest BCUT2D eigenvalue weighted by atomic mass is 32.1. The van der Waals surface area contributed by atoms with E-state index < -0.39 is 0 Å². The van der Waals surface area contributed by atoms with Crippen LogP contribution < -0.4 is 11.1 Å². The highest BCUT2D eigenvalue weighted by Crippen LogP contribution is 2.21. The van der Waals surface area contributed by atoms with Gasteiger partial charge < -0.3 is 11.1 Å². The maximum absolute atomic E-state index is 12.1. The number of aromatic nitrogens is 1. The molecule has 0 spiro atoms. The number of carbonyl (C=O) groups is 1. The van der Waals surface area contributed by atoms with Crippen LogP contribution in [0.1, 0.15) is 79.8 Å². The van der Waals surface area contributed by atoms with E-state index >= 15 is 0 Å². The zero-order chi connectivity index (χ0) is 15.8. The van der Waals surface area contributed by atoms with Crippen LogP contribution in [-0.2, 0) is 0 Å². The Morgan fingerprint density at radius 2 is 2.36 bits per heavy atom. The molecule has 0 radical (unpaired) electrons. The summed E-state index contributed by atoms with van der Waals surface area (Å²) >= 11 is 1.49. The number of hydrogen-bond donors (Lipinski definition) is 2. The Labute approximate surface area is 137 Å². The first-order valence-electron chi connectivity index (χ1n) is 8.37. The molecule has 1 aliphatic carbocycles. The predicted octanol–water partition coefficient (Wildman–Crippen LogP) is 3.95. The monoisotopic (exact) mass is 321 g/mol. The molecule has 1 atom stereocenters. The fraction of sp³-hybridized carbons (Fsp3) is 0.647. The fourth-order valence-electron chi connectivity index (χ4n) is 2.67. The Kier molecular flexibility index (Phi) is 7.06. The number of rotatable bonds is 8. The molecule has 0 saturated carbocycles. The van der Waals surface area contributed by atoms with Crippen molar-refractivity contribution in [3.05, 3.63) is 27.7 Å². The Morgan fingerprint density at radius 1 is 1.50 bits per heavy atom. The molecule has 4 nitrogen and oxygen atoms in total. The van der Waals surface area contributed by atoms with Crippen molar-refractivity contribution in [2.24, 2.45) is 5.73 Å². The van der Waals surface area contributed by atoms with Crippen LogP contribution in [0.25, 0.3) is 0 Å². The van der Waals surface area contributed by atoms with Crippen LogP contribution in [0.2, 0.25) is 0 Å². The minimum atomic E-state index is -0.0819. The van der Waals surface area contributed by atoms with E-state index in [0.29, 0.717) is 12.2 Å². The molecule has 1 unspecified atom stereocenters. The molecular weight excluding hydrogens is 294 g/mol. The molecule has 5 heteroatoms. The highest BCUT2D eigenvalue weighted by molar-refractivity contribution is 7.09. The number of unbranched alkanes of at least 4 members (excludes halogenated alkanes) is 1. The molecule has 1 aliphatic rings. The van der Waals surface area contributed by atoms with Crippen molar-refractivity contribution in [1.29, 1.82) is 0 Å². The Hall–Kier alpha value is -1.20. The SMILES string of the molecule is CCCCC(N)c1nc(C(=O)NCCC2=CCCCC2)cs1. The van der Waals surface area contributed by atoms with Gasteiger partial charge in [0.05, 0.1) is 6.04 Å². The van der Waals surface area contributed by atoms with Gasteiger partial charge in [-0.25, -0.2) is 4.98 Å². The van der Waals surface area contributed by atoms with E-state index in [1.165, 1.54) is 42.6 Å². The van der Waals surface area contributed by atoms with E-state index in [0.717, 1.165) is 30.7 Å². The molecule has 22 heavy (non-hydrogen) atoms. The summed E-state index contributed by atoms with van der Waals surface area (Å²) in [5.74, 6) is -0.0819. The van der Waals surface area contributed by atoms with Crippen LogP contribution >= 0.6 is 11.3 Å². The van der Waals surface area contributed by atoms with Gasteiger partial charge in [-0.3, -0.25) is 4.79 Å². The average Bonchev–Trinajstić information content (AvgIpc) is 3.03. The van der Waals surface area contributed by atoms with Gasteiger partial charge in [0.25, 0.3) is 5.91 Å². The van der Waals surface area contributed by atoms with Crippen LogP contribution in [-0.4, -0.2) is 17.4 Å². The maximum Gasteiger partial charge on any atom is 0.270 e. The smallest absolute Gasteiger partial charge is 0.270 e. The minimum absolute atomic E-state index is 0.0427. The summed E-state index contributed by atoms with van der Waals surface area (Å²) in [6, 6.07) is -0.0427. The van der Waals surface area contributed by atoms with Crippen molar-refractivity contribution in [3.63, 3.8) is 0 Å². The van der Waals surface area contributed by atoms with Gasteiger partial charge in [0.15, 0.2) is 0 Å². The highest BCUT2D eigenvalue weighted by Gasteiger charge is 2.15. The van der Waals surface area contributed by atoms with Crippen LogP contribution in [0.15, 0.2) is 17.0 Å². The zero-order valence-corrected chi connectivity index (χ0v) is 14.3. The molecule has 1 heterocycles. The van der Waals surface area contributed by atoms with E-state index in [2.05, 4.69) is 23.3 Å². The lowest BCUT2D eigenvalue weighted by molar-refractivity contribution is 0.0949. The van der Waals surface area contributed by atoms with E-state index in [4.69, 9.17) is 5.73 Å². The summed E-state index contributed by atoms with van der Waals surface area (Å²) in [5.41, 5.74) is 8.08. The van der Waals surface area contributed by atoms with Crippen molar-refractivity contribution in [1.82, 2.24) is 10.3 Å². The van der Waals surface area contributed by atoms with Crippen LogP contribution in [0, 0.1) is 0 Å². The summed E-state index contributed by atoms with van der Waals surface area (Å²) in [5, 5.41) is 5.65. The third-order valence-corrected chi connectivity index (χ3v) is 5.03. The molecule has 122 valence electrons. The minimum Gasteiger partial charge on any atom is -0.350 e. The first kappa shape index (κ1) is 17.2. The molecular formula is C17H27N3OS. The second-order valence-electron chi connectivity index (χ2n) is 5.93. The van der Waals surface area contributed by atoms with Crippen LogP contribution in [0.3, 0.4) is 0 Å². The van der Waals surface area contributed by atoms with Gasteiger partial charge in [0.1, 0.15) is 10.7 Å². The van der Waals surface area contributed by atoms with Gasteiger partial charge in [-0.05, 0) is 38.5 Å². The van der Waals surface area contributed by atoms with Crippen molar-refractivity contribution < 1.29 is 4.79 Å². The molecule has 1 amide bonds. The molecule has 1 aromatic rings. The molecule has 0 fully saturated rings. The predicted molar refractivity (Wildman–Crippen MR) is 92.1 cm³/mol. The average molecular weight is 321 g/mol. The topological polar surface area (TPSA) is 68.0 Å². The molecule has 2 rings (SSSR count). The molecule has 3 N–H and O–H groups in total. The first-order valence-corrected chi connectivity index (χ1v) is 9.25. The molecule has 0 bridgehead atoms. The third-order valence-electron chi connectivity index (χ3n) is 4.06. The van der Waals surface area contributed by atoms with Gasteiger partial charge in [0, 0.05) is 11.9 Å². The number of nitrogens with two attached hydrogens (primary N) is 1. The quantitative estimate of drug-likeness (QED) is 0.712. The van der Waals surface area contributed by atoms with Crippen LogP contribution in [0.4, 0.5) is 0 Å². The van der Waals surface area contributed by atoms with E-state index in [9.17, 15) is 4.79 Å². The molecule has 0 aliphatic heterocycles. The second kappa shape index (κ2) is 9.06. The van der Waals surface area contributed by atoms with Crippen molar-refractivity contribution in [3.8, 4) is 0 Å². The first-order chi connectivity index (χ1) is 10.7. The fourth-order valence-corrected chi connectivity index (χ4v) is 3.50. The summed E-state index contributed by atoms with van der Waals surface area (Å²) in [4.78, 5) is 16.5. The summed E-state index contributed by atoms with van der Waals surface area (Å²) < 4.78 is 0. The number of hydrogen-bond acceptors (Lipinski definition) is 4. The van der Waals surface area contributed by atoms with Gasteiger partial charge in [0.2, 0.25) is 0 Å². The largest absolute Gasteiger partial charge is 0.350 e. The van der Waals surface area contributed by atoms with Crippen LogP contribution in [0.5, 0.6) is 0 Å². The van der Waals surface area contributed by atoms with E-state index in [1.54, 1.807) is 0 Å². The van der Waals surface area contributed by atoms with E-state index in [-0.39, 0.29) is 11.9 Å². The molecule has 0 aromatic carbocycles. The van der Waals surface area contributed by atoms with Crippen molar-refractivity contribution >= 4 is 17.2 Å². The lowest BCUT2D eigenvalue weighted by Crippen LogP contribution is -2.25. The normalized spacial score (nSPS) is 16.2. The van der Waals surface area contributed by atoms with Gasteiger partial charge in [-0.1, -0.05) is 31.4 Å². The standard InChI is InChI=1S/C17H27N3OS/c1-2-3-9-14(18)17-20-15(12-22-17)16(21)19-11-10-13-7-5-4-6-8-13/h7,12,14H,2-6,8-11,18H2,1H3,(H,19,21). The number of amides is 1. The van der Waals surface area contributed by atoms with Gasteiger partial charge >= 0.3 is 0 Å². The molecule has 0 saturated heterocycles. The Morgan fingerprint density at radius 3 is 3.09 bits per heavy atom. The number of carbonyl (C=O) groups excluding carboxylic acids is 1. The third kappa shape index (κ3) is 5.21.